The number of carbonyl (C=O) groups is 3. The zero-order valence-corrected chi connectivity index (χ0v) is 21.7. The maximum Gasteiger partial charge on any atom is 0.286 e. The molecule has 9 heteroatoms. The topological polar surface area (TPSA) is 110 Å². The van der Waals surface area contributed by atoms with Gasteiger partial charge in [0.1, 0.15) is 0 Å². The lowest BCUT2D eigenvalue weighted by molar-refractivity contribution is -0.166. The zero-order chi connectivity index (χ0) is 26.4. The van der Waals surface area contributed by atoms with Crippen molar-refractivity contribution in [1.29, 1.82) is 0 Å². The number of rotatable bonds is 11. The van der Waals surface area contributed by atoms with Gasteiger partial charge in [-0.3, -0.25) is 19.0 Å². The number of fused-ring (bicyclic) bond motifs is 1. The Kier molecular flexibility index (Phi) is 9.00. The molecule has 1 fully saturated rings. The Labute approximate surface area is 217 Å². The number of allylic oxidation sites excluding steroid dienone is 1. The van der Waals surface area contributed by atoms with Crippen LogP contribution >= 0.6 is 0 Å². The molecule has 1 aromatic heterocycles. The van der Waals surface area contributed by atoms with Crippen molar-refractivity contribution in [3.05, 3.63) is 47.9 Å². The Hall–Kier alpha value is -3.17. The minimum Gasteiger partial charge on any atom is -0.459 e. The number of aliphatic hydroxyl groups is 1. The Morgan fingerprint density at radius 2 is 2.05 bits per heavy atom. The van der Waals surface area contributed by atoms with E-state index in [-0.39, 0.29) is 41.9 Å². The van der Waals surface area contributed by atoms with E-state index in [1.807, 2.05) is 48.4 Å². The van der Waals surface area contributed by atoms with E-state index in [4.69, 9.17) is 9.47 Å². The molecule has 1 aromatic carbocycles. The van der Waals surface area contributed by atoms with Gasteiger partial charge >= 0.3 is 0 Å². The van der Waals surface area contributed by atoms with E-state index in [0.29, 0.717) is 45.4 Å². The monoisotopic (exact) mass is 511 g/mol. The Morgan fingerprint density at radius 3 is 2.76 bits per heavy atom. The van der Waals surface area contributed by atoms with E-state index < -0.39 is 6.29 Å². The van der Waals surface area contributed by atoms with E-state index in [0.717, 1.165) is 29.4 Å². The molecular formula is C28H37N3O6. The molecule has 9 nitrogen and oxygen atoms in total. The van der Waals surface area contributed by atoms with Gasteiger partial charge in [0.05, 0.1) is 5.52 Å². The average Bonchev–Trinajstić information content (AvgIpc) is 3.49. The third-order valence-electron chi connectivity index (χ3n) is 7.14. The molecule has 4 rings (SSSR count). The number of likely N-dealkylation sites (tertiary alicyclic amines) is 1. The average molecular weight is 512 g/mol. The largest absolute Gasteiger partial charge is 0.459 e. The summed E-state index contributed by atoms with van der Waals surface area (Å²) in [6, 6.07) is 7.71. The summed E-state index contributed by atoms with van der Waals surface area (Å²) in [4.78, 5) is 39.2. The van der Waals surface area contributed by atoms with Crippen LogP contribution in [-0.4, -0.2) is 71.4 Å². The lowest BCUT2D eigenvalue weighted by Gasteiger charge is -2.36. The maximum atomic E-state index is 13.1. The van der Waals surface area contributed by atoms with Gasteiger partial charge in [0.2, 0.25) is 18.1 Å². The molecular weight excluding hydrogens is 474 g/mol. The molecule has 2 aliphatic rings. The summed E-state index contributed by atoms with van der Waals surface area (Å²) in [6.45, 7) is 5.66. The van der Waals surface area contributed by atoms with Crippen LogP contribution < -0.4 is 5.32 Å². The number of benzene rings is 1. The molecule has 0 bridgehead atoms. The van der Waals surface area contributed by atoms with Gasteiger partial charge in [0, 0.05) is 69.6 Å². The van der Waals surface area contributed by atoms with Gasteiger partial charge < -0.3 is 24.8 Å². The number of aliphatic hydroxyl groups excluding tert-OH is 1. The van der Waals surface area contributed by atoms with E-state index in [2.05, 4.69) is 5.32 Å². The number of carbonyl (C=O) groups excluding carboxylic acids is 3. The molecule has 0 radical (unpaired) electrons. The first-order chi connectivity index (χ1) is 17.9. The normalized spacial score (nSPS) is 21.7. The van der Waals surface area contributed by atoms with Gasteiger partial charge in [-0.05, 0) is 50.3 Å². The molecule has 2 aromatic rings. The molecule has 2 N–H and O–H groups in total. The Morgan fingerprint density at radius 1 is 1.24 bits per heavy atom. The van der Waals surface area contributed by atoms with Crippen molar-refractivity contribution in [2.45, 2.75) is 58.2 Å². The summed E-state index contributed by atoms with van der Waals surface area (Å²) in [7, 11) is 0. The van der Waals surface area contributed by atoms with Crippen molar-refractivity contribution in [3.63, 3.8) is 0 Å². The summed E-state index contributed by atoms with van der Waals surface area (Å²) >= 11 is 0. The number of hydrogen-bond donors (Lipinski definition) is 2. The summed E-state index contributed by atoms with van der Waals surface area (Å²) in [6.07, 6.45) is 6.34. The van der Waals surface area contributed by atoms with Crippen LogP contribution in [0.3, 0.4) is 0 Å². The molecule has 200 valence electrons. The minimum absolute atomic E-state index is 0.0356. The first-order valence-electron chi connectivity index (χ1n) is 13.2. The summed E-state index contributed by atoms with van der Waals surface area (Å²) in [5.74, 6) is -0.493. The molecule has 1 saturated heterocycles. The summed E-state index contributed by atoms with van der Waals surface area (Å²) in [5.41, 5.74) is 1.72. The number of amides is 2. The van der Waals surface area contributed by atoms with Crippen LogP contribution in [-0.2, 0) is 19.1 Å². The van der Waals surface area contributed by atoms with Crippen LogP contribution in [0, 0.1) is 5.92 Å². The smallest absolute Gasteiger partial charge is 0.286 e. The van der Waals surface area contributed by atoms with Crippen LogP contribution in [0.2, 0.25) is 0 Å². The lowest BCUT2D eigenvalue weighted by atomic mass is 9.80. The molecule has 2 aliphatic heterocycles. The van der Waals surface area contributed by atoms with Gasteiger partial charge in [0.15, 0.2) is 5.76 Å². The maximum absolute atomic E-state index is 13.1. The molecule has 3 atom stereocenters. The van der Waals surface area contributed by atoms with Crippen molar-refractivity contribution in [3.8, 4) is 0 Å². The fourth-order valence-corrected chi connectivity index (χ4v) is 5.35. The SMILES string of the molecule is CCO[C@H]1OC(C(=O)NCCCN2CCCC2=O)=C[C@@H](c2cn(C(C)=O)c3ccccc23)[C@H]1CCCO. The van der Waals surface area contributed by atoms with Crippen molar-refractivity contribution in [2.24, 2.45) is 5.92 Å². The number of nitrogens with zero attached hydrogens (tertiary/aromatic N) is 2. The molecule has 0 unspecified atom stereocenters. The van der Waals surface area contributed by atoms with Gasteiger partial charge in [-0.25, -0.2) is 0 Å². The van der Waals surface area contributed by atoms with Crippen LogP contribution in [0.1, 0.15) is 62.2 Å². The molecule has 3 heterocycles. The van der Waals surface area contributed by atoms with E-state index in [1.165, 1.54) is 6.92 Å². The van der Waals surface area contributed by atoms with Gasteiger partial charge in [-0.2, -0.15) is 0 Å². The molecule has 0 saturated carbocycles. The predicted molar refractivity (Wildman–Crippen MR) is 139 cm³/mol. The first-order valence-corrected chi connectivity index (χ1v) is 13.2. The van der Waals surface area contributed by atoms with Gasteiger partial charge in [0.25, 0.3) is 5.91 Å². The second-order valence-corrected chi connectivity index (χ2v) is 9.61. The van der Waals surface area contributed by atoms with E-state index in [1.54, 1.807) is 4.57 Å². The standard InChI is InChI=1S/C28H37N3O6/c1-3-36-28-21(10-7-16-32)22(23-18-31(19(2)33)24-11-5-4-9-20(23)24)17-25(37-28)27(35)29-13-8-15-30-14-6-12-26(30)34/h4-5,9,11,17-18,21-22,28,32H,3,6-8,10,12-16H2,1-2H3,(H,29,35)/t21-,22-,28+/m1/s1. The fourth-order valence-electron chi connectivity index (χ4n) is 5.35. The lowest BCUT2D eigenvalue weighted by Crippen LogP contribution is -2.39. The quantitative estimate of drug-likeness (QED) is 0.449. The third kappa shape index (κ3) is 6.05. The van der Waals surface area contributed by atoms with Gasteiger partial charge in [-0.1, -0.05) is 18.2 Å². The predicted octanol–water partition coefficient (Wildman–Crippen LogP) is 3.18. The number of nitrogens with one attached hydrogen (secondary N) is 1. The van der Waals surface area contributed by atoms with Crippen LogP contribution in [0.25, 0.3) is 10.9 Å². The highest BCUT2D eigenvalue weighted by molar-refractivity contribution is 5.95. The number of hydrogen-bond acceptors (Lipinski definition) is 6. The van der Waals surface area contributed by atoms with E-state index >= 15 is 0 Å². The third-order valence-corrected chi connectivity index (χ3v) is 7.14. The van der Waals surface area contributed by atoms with Crippen molar-refractivity contribution < 1.29 is 29.0 Å². The second-order valence-electron chi connectivity index (χ2n) is 9.61. The number of aromatic nitrogens is 1. The number of para-hydroxylation sites is 1. The highest BCUT2D eigenvalue weighted by Gasteiger charge is 2.39. The second kappa shape index (κ2) is 12.4. The minimum atomic E-state index is -0.672. The van der Waals surface area contributed by atoms with Gasteiger partial charge in [-0.15, -0.1) is 0 Å². The van der Waals surface area contributed by atoms with Crippen LogP contribution in [0.4, 0.5) is 0 Å². The molecule has 0 aliphatic carbocycles. The van der Waals surface area contributed by atoms with Crippen molar-refractivity contribution in [2.75, 3.05) is 32.8 Å². The Bertz CT molecular complexity index is 1160. The van der Waals surface area contributed by atoms with Crippen LogP contribution in [0.15, 0.2) is 42.3 Å². The molecule has 2 amide bonds. The summed E-state index contributed by atoms with van der Waals surface area (Å²) in [5, 5.41) is 13.4. The van der Waals surface area contributed by atoms with Crippen molar-refractivity contribution in [1.82, 2.24) is 14.8 Å². The zero-order valence-electron chi connectivity index (χ0n) is 21.7. The first kappa shape index (κ1) is 26.9. The molecule has 0 spiro atoms. The van der Waals surface area contributed by atoms with Crippen molar-refractivity contribution >= 4 is 28.6 Å². The highest BCUT2D eigenvalue weighted by atomic mass is 16.7. The molecule has 37 heavy (non-hydrogen) atoms. The highest BCUT2D eigenvalue weighted by Crippen LogP contribution is 2.42. The number of ether oxygens (including phenoxy) is 2. The summed E-state index contributed by atoms with van der Waals surface area (Å²) < 4.78 is 13.7. The van der Waals surface area contributed by atoms with E-state index in [9.17, 15) is 19.5 Å². The van der Waals surface area contributed by atoms with Crippen LogP contribution in [0.5, 0.6) is 0 Å². The fraction of sp³-hybridized carbons (Fsp3) is 0.536. The Balaban J connectivity index is 1.60.